The predicted octanol–water partition coefficient (Wildman–Crippen LogP) is 8.90. The highest BCUT2D eigenvalue weighted by atomic mass is 31.1. The van der Waals surface area contributed by atoms with E-state index in [4.69, 9.17) is 19.9 Å². The van der Waals surface area contributed by atoms with Gasteiger partial charge in [-0.15, -0.1) is 9.24 Å². The Hall–Kier alpha value is -1.54. The fourth-order valence-electron chi connectivity index (χ4n) is 12.7. The molecular formula is C39H52N4P2Si. The summed E-state index contributed by atoms with van der Waals surface area (Å²) in [4.78, 5) is 19.7. The molecule has 0 saturated heterocycles. The molecule has 2 aromatic heterocycles. The molecule has 242 valence electrons. The van der Waals surface area contributed by atoms with Crippen LogP contribution >= 0.6 is 17.2 Å². The quantitative estimate of drug-likeness (QED) is 0.178. The van der Waals surface area contributed by atoms with Gasteiger partial charge in [-0.3, -0.25) is 0 Å². The van der Waals surface area contributed by atoms with E-state index in [0.29, 0.717) is 10.3 Å². The first-order valence-electron chi connectivity index (χ1n) is 18.4. The Morgan fingerprint density at radius 1 is 0.674 bits per heavy atom. The molecule has 8 aliphatic carbocycles. The van der Waals surface area contributed by atoms with Gasteiger partial charge in [0.1, 0.15) is 16.8 Å². The number of rotatable bonds is 8. The van der Waals surface area contributed by atoms with Gasteiger partial charge in [-0.25, -0.2) is 19.9 Å². The number of aromatic nitrogens is 4. The number of benzene rings is 1. The minimum Gasteiger partial charge on any atom is -0.240 e. The molecule has 0 amide bonds. The maximum atomic E-state index is 4.93. The first-order valence-corrected chi connectivity index (χ1v) is 24.0. The van der Waals surface area contributed by atoms with Gasteiger partial charge < -0.3 is 0 Å². The van der Waals surface area contributed by atoms with Crippen molar-refractivity contribution in [3.8, 4) is 0 Å². The lowest BCUT2D eigenvalue weighted by atomic mass is 9.55. The molecule has 1 unspecified atom stereocenters. The number of hydrogen-bond acceptors (Lipinski definition) is 4. The Kier molecular flexibility index (Phi) is 7.28. The van der Waals surface area contributed by atoms with Crippen molar-refractivity contribution < 1.29 is 0 Å². The molecule has 8 saturated carbocycles. The molecule has 0 aliphatic heterocycles. The van der Waals surface area contributed by atoms with E-state index in [9.17, 15) is 0 Å². The van der Waals surface area contributed by atoms with Gasteiger partial charge in [-0.1, -0.05) is 50.9 Å². The fraction of sp³-hybridized carbons (Fsp3) is 0.641. The summed E-state index contributed by atoms with van der Waals surface area (Å²) in [6, 6.07) is 11.5. The number of hydrogen-bond donors (Lipinski definition) is 0. The molecule has 0 radical (unpaired) electrons. The summed E-state index contributed by atoms with van der Waals surface area (Å²) in [5.74, 6) is 7.55. The molecule has 2 heterocycles. The second-order valence-corrected chi connectivity index (χ2v) is 27.0. The summed E-state index contributed by atoms with van der Waals surface area (Å²) < 4.78 is 0. The van der Waals surface area contributed by atoms with Crippen LogP contribution in [0.2, 0.25) is 19.6 Å². The Labute approximate surface area is 281 Å². The highest BCUT2D eigenvalue weighted by molar-refractivity contribution is 7.60. The van der Waals surface area contributed by atoms with Crippen LogP contribution in [0.3, 0.4) is 0 Å². The average Bonchev–Trinajstić information content (AvgIpc) is 3.02. The third-order valence-electron chi connectivity index (χ3n) is 13.7. The Morgan fingerprint density at radius 3 is 1.43 bits per heavy atom. The van der Waals surface area contributed by atoms with Crippen LogP contribution < -0.4 is 5.19 Å². The van der Waals surface area contributed by atoms with Crippen molar-refractivity contribution in [3.05, 3.63) is 77.9 Å². The molecule has 4 nitrogen and oxygen atoms in total. The topological polar surface area (TPSA) is 51.6 Å². The average molecular weight is 667 g/mol. The minimum atomic E-state index is -1.61. The molecule has 0 N–H and O–H groups in total. The van der Waals surface area contributed by atoms with E-state index in [1.54, 1.807) is 0 Å². The SMILES string of the molecule is C[Si](C)(C)c1ccc(CP(C23CC4CC(CC(C4)C2)C3)C23CC4CC(CC(C4)C2)C3)c(C(P)(c2ncccn2)c2ncccn2)c1. The zero-order valence-electron chi connectivity index (χ0n) is 28.2. The highest BCUT2D eigenvalue weighted by Crippen LogP contribution is 2.79. The Morgan fingerprint density at radius 2 is 1.07 bits per heavy atom. The van der Waals surface area contributed by atoms with Crippen molar-refractivity contribution in [2.45, 2.75) is 118 Å². The van der Waals surface area contributed by atoms with Crippen LogP contribution in [0.5, 0.6) is 0 Å². The summed E-state index contributed by atoms with van der Waals surface area (Å²) >= 11 is 0. The van der Waals surface area contributed by atoms with Crippen LogP contribution in [0.15, 0.2) is 55.1 Å². The van der Waals surface area contributed by atoms with Gasteiger partial charge in [0.2, 0.25) is 0 Å². The monoisotopic (exact) mass is 666 g/mol. The van der Waals surface area contributed by atoms with E-state index in [-0.39, 0.29) is 7.92 Å². The summed E-state index contributed by atoms with van der Waals surface area (Å²) in [6.07, 6.45) is 27.2. The van der Waals surface area contributed by atoms with E-state index in [2.05, 4.69) is 47.1 Å². The van der Waals surface area contributed by atoms with Gasteiger partial charge in [0.25, 0.3) is 0 Å². The molecule has 7 heteroatoms. The lowest BCUT2D eigenvalue weighted by Gasteiger charge is -2.67. The van der Waals surface area contributed by atoms with Crippen LogP contribution in [0.1, 0.15) is 99.8 Å². The van der Waals surface area contributed by atoms with Crippen LogP contribution in [-0.4, -0.2) is 38.3 Å². The standard InChI is InChI=1S/C39H52N4P2Si/c1-46(2,3)33-7-6-32(34(18-33)39(44,35-40-8-4-9-41-35)36-42-10-5-11-43-36)25-45(37-19-26-12-27(20-37)14-28(13-26)21-37)38-22-29-15-30(23-38)17-31(16-29)24-38/h4-11,18,26-31H,12-17,19-25,44H2,1-3H3. The van der Waals surface area contributed by atoms with Crippen molar-refractivity contribution >= 4 is 30.4 Å². The lowest BCUT2D eigenvalue weighted by Crippen LogP contribution is -2.56. The Balaban J connectivity index is 1.23. The maximum absolute atomic E-state index is 4.93. The predicted molar refractivity (Wildman–Crippen MR) is 196 cm³/mol. The van der Waals surface area contributed by atoms with Gasteiger partial charge in [0, 0.05) is 24.8 Å². The Bertz CT molecular complexity index is 1450. The van der Waals surface area contributed by atoms with Gasteiger partial charge in [-0.05, 0) is 152 Å². The largest absolute Gasteiger partial charge is 0.240 e. The fourth-order valence-corrected chi connectivity index (χ4v) is 19.6. The molecule has 1 aromatic carbocycles. The van der Waals surface area contributed by atoms with Crippen LogP contribution in [0.25, 0.3) is 0 Å². The smallest absolute Gasteiger partial charge is 0.150 e. The van der Waals surface area contributed by atoms with E-state index < -0.39 is 13.2 Å². The van der Waals surface area contributed by atoms with Gasteiger partial charge in [-0.2, -0.15) is 0 Å². The van der Waals surface area contributed by atoms with Crippen molar-refractivity contribution in [1.29, 1.82) is 0 Å². The van der Waals surface area contributed by atoms with Gasteiger partial charge >= 0.3 is 0 Å². The molecule has 46 heavy (non-hydrogen) atoms. The van der Waals surface area contributed by atoms with E-state index in [0.717, 1.165) is 47.2 Å². The normalized spacial score (nSPS) is 36.7. The molecular weight excluding hydrogens is 614 g/mol. The molecule has 8 bridgehead atoms. The second kappa shape index (κ2) is 11.0. The summed E-state index contributed by atoms with van der Waals surface area (Å²) in [6.45, 7) is 7.43. The van der Waals surface area contributed by atoms with Gasteiger partial charge in [0.15, 0.2) is 0 Å². The minimum absolute atomic E-state index is 0.204. The second-order valence-electron chi connectivity index (χ2n) is 17.9. The van der Waals surface area contributed by atoms with Crippen LogP contribution in [0, 0.1) is 35.5 Å². The highest BCUT2D eigenvalue weighted by Gasteiger charge is 2.62. The molecule has 1 atom stereocenters. The molecule has 0 spiro atoms. The summed E-state index contributed by atoms with van der Waals surface area (Å²) in [7, 11) is 1.41. The molecule has 8 fully saturated rings. The molecule has 3 aromatic rings. The third kappa shape index (κ3) is 4.95. The molecule has 11 rings (SSSR count). The van der Waals surface area contributed by atoms with Crippen molar-refractivity contribution in [2.24, 2.45) is 35.5 Å². The first-order chi connectivity index (χ1) is 22.1. The summed E-state index contributed by atoms with van der Waals surface area (Å²) in [5.41, 5.74) is 2.88. The number of nitrogens with zero attached hydrogens (tertiary/aromatic N) is 4. The maximum Gasteiger partial charge on any atom is 0.150 e. The van der Waals surface area contributed by atoms with E-state index >= 15 is 0 Å². The first kappa shape index (κ1) is 30.5. The molecule has 8 aliphatic rings. The van der Waals surface area contributed by atoms with Crippen LogP contribution in [0.4, 0.5) is 0 Å². The third-order valence-corrected chi connectivity index (χ3v) is 20.6. The summed E-state index contributed by atoms with van der Waals surface area (Å²) in [5, 5.41) is 1.97. The van der Waals surface area contributed by atoms with Crippen molar-refractivity contribution in [1.82, 2.24) is 19.9 Å². The zero-order chi connectivity index (χ0) is 31.3. The lowest BCUT2D eigenvalue weighted by molar-refractivity contribution is 0.0184. The van der Waals surface area contributed by atoms with E-state index in [1.165, 1.54) is 99.5 Å². The van der Waals surface area contributed by atoms with Gasteiger partial charge in [0.05, 0.1) is 8.07 Å². The zero-order valence-corrected chi connectivity index (χ0v) is 31.2. The van der Waals surface area contributed by atoms with Crippen molar-refractivity contribution in [3.63, 3.8) is 0 Å². The van der Waals surface area contributed by atoms with Crippen LogP contribution in [-0.2, 0) is 11.3 Å². The van der Waals surface area contributed by atoms with Crippen molar-refractivity contribution in [2.75, 3.05) is 0 Å². The van der Waals surface area contributed by atoms with E-state index in [1.807, 2.05) is 36.9 Å².